The van der Waals surface area contributed by atoms with Crippen LogP contribution in [0.3, 0.4) is 0 Å². The van der Waals surface area contributed by atoms with Gasteiger partial charge in [-0.2, -0.15) is 11.8 Å². The van der Waals surface area contributed by atoms with Crippen LogP contribution in [-0.4, -0.2) is 48.3 Å². The van der Waals surface area contributed by atoms with Crippen molar-refractivity contribution in [2.24, 2.45) is 5.92 Å². The summed E-state index contributed by atoms with van der Waals surface area (Å²) in [6.45, 7) is 1.91. The molecule has 0 saturated carbocycles. The number of aliphatic hydroxyl groups excluding tert-OH is 1. The summed E-state index contributed by atoms with van der Waals surface area (Å²) in [7, 11) is 2.06. The normalized spacial score (nSPS) is 35.1. The topological polar surface area (TPSA) is 23.5 Å². The van der Waals surface area contributed by atoms with E-state index in [4.69, 9.17) is 0 Å². The summed E-state index contributed by atoms with van der Waals surface area (Å²) in [5, 5.41) is 9.44. The van der Waals surface area contributed by atoms with Gasteiger partial charge in [0, 0.05) is 19.0 Å². The standard InChI is InChI=1S/C7H15NOS/c1-8-3-6(5-10-2)7(9)4-8/h6-7,9H,3-5H2,1-2H3/t6-,7+/m1/s1. The quantitative estimate of drug-likeness (QED) is 0.629. The average Bonchev–Trinajstić information content (AvgIpc) is 2.13. The molecule has 0 aromatic rings. The number of nitrogens with zero attached hydrogens (tertiary/aromatic N) is 1. The van der Waals surface area contributed by atoms with E-state index >= 15 is 0 Å². The maximum absolute atomic E-state index is 9.44. The van der Waals surface area contributed by atoms with Crippen LogP contribution >= 0.6 is 11.8 Å². The molecule has 0 aromatic heterocycles. The first kappa shape index (κ1) is 8.37. The van der Waals surface area contributed by atoms with Crippen molar-refractivity contribution in [3.63, 3.8) is 0 Å². The minimum Gasteiger partial charge on any atom is -0.391 e. The van der Waals surface area contributed by atoms with Gasteiger partial charge in [0.15, 0.2) is 0 Å². The Morgan fingerprint density at radius 3 is 2.70 bits per heavy atom. The highest BCUT2D eigenvalue weighted by molar-refractivity contribution is 7.98. The van der Waals surface area contributed by atoms with Crippen molar-refractivity contribution >= 4 is 11.8 Å². The van der Waals surface area contributed by atoms with Crippen molar-refractivity contribution in [2.45, 2.75) is 6.10 Å². The van der Waals surface area contributed by atoms with E-state index in [9.17, 15) is 5.11 Å². The summed E-state index contributed by atoms with van der Waals surface area (Å²) >= 11 is 1.82. The zero-order valence-corrected chi connectivity index (χ0v) is 7.40. The van der Waals surface area contributed by atoms with E-state index in [2.05, 4.69) is 18.2 Å². The second kappa shape index (κ2) is 3.60. The minimum absolute atomic E-state index is 0.0857. The molecule has 2 nitrogen and oxygen atoms in total. The van der Waals surface area contributed by atoms with Crippen molar-refractivity contribution in [3.05, 3.63) is 0 Å². The molecule has 1 N–H and O–H groups in total. The monoisotopic (exact) mass is 161 g/mol. The molecule has 0 aliphatic carbocycles. The fraction of sp³-hybridized carbons (Fsp3) is 1.00. The van der Waals surface area contributed by atoms with Crippen LogP contribution in [0.1, 0.15) is 0 Å². The van der Waals surface area contributed by atoms with E-state index < -0.39 is 0 Å². The first-order valence-electron chi connectivity index (χ1n) is 3.59. The molecule has 3 heteroatoms. The highest BCUT2D eigenvalue weighted by Gasteiger charge is 2.27. The molecule has 1 aliphatic heterocycles. The molecule has 1 fully saturated rings. The number of hydrogen-bond acceptors (Lipinski definition) is 3. The van der Waals surface area contributed by atoms with Crippen LogP contribution in [0, 0.1) is 5.92 Å². The number of rotatable bonds is 2. The van der Waals surface area contributed by atoms with Crippen LogP contribution in [0.2, 0.25) is 0 Å². The number of β-amino-alcohol motifs (C(OH)–C–C–N with tert-alkyl or cyclic N) is 1. The second-order valence-corrected chi connectivity index (χ2v) is 3.91. The summed E-state index contributed by atoms with van der Waals surface area (Å²) in [6.07, 6.45) is 2.00. The number of thioether (sulfide) groups is 1. The molecule has 0 radical (unpaired) electrons. The van der Waals surface area contributed by atoms with Crippen LogP contribution < -0.4 is 0 Å². The lowest BCUT2D eigenvalue weighted by molar-refractivity contribution is 0.152. The average molecular weight is 161 g/mol. The molecule has 0 bridgehead atoms. The highest BCUT2D eigenvalue weighted by atomic mass is 32.2. The van der Waals surface area contributed by atoms with Gasteiger partial charge in [0.2, 0.25) is 0 Å². The van der Waals surface area contributed by atoms with Crippen molar-refractivity contribution in [3.8, 4) is 0 Å². The van der Waals surface area contributed by atoms with Gasteiger partial charge >= 0.3 is 0 Å². The zero-order chi connectivity index (χ0) is 7.56. The van der Waals surface area contributed by atoms with Gasteiger partial charge in [-0.25, -0.2) is 0 Å². The number of hydrogen-bond donors (Lipinski definition) is 1. The SMILES string of the molecule is CSC[C@H]1CN(C)C[C@@H]1O. The Labute approximate surface area is 66.6 Å². The summed E-state index contributed by atoms with van der Waals surface area (Å²) < 4.78 is 0. The molecule has 0 unspecified atom stereocenters. The van der Waals surface area contributed by atoms with E-state index in [0.717, 1.165) is 18.8 Å². The Balaban J connectivity index is 2.31. The summed E-state index contributed by atoms with van der Waals surface area (Å²) in [5.41, 5.74) is 0. The Morgan fingerprint density at radius 2 is 2.30 bits per heavy atom. The first-order valence-corrected chi connectivity index (χ1v) is 4.99. The Kier molecular flexibility index (Phi) is 3.01. The van der Waals surface area contributed by atoms with Crippen LogP contribution in [0.4, 0.5) is 0 Å². The van der Waals surface area contributed by atoms with Gasteiger partial charge in [-0.15, -0.1) is 0 Å². The fourth-order valence-electron chi connectivity index (χ4n) is 1.44. The molecule has 2 atom stereocenters. The molecule has 1 saturated heterocycles. The molecule has 1 heterocycles. The third kappa shape index (κ3) is 1.87. The molecule has 1 aliphatic rings. The molecule has 10 heavy (non-hydrogen) atoms. The van der Waals surface area contributed by atoms with E-state index in [-0.39, 0.29) is 6.10 Å². The van der Waals surface area contributed by atoms with Gasteiger partial charge < -0.3 is 10.0 Å². The van der Waals surface area contributed by atoms with Crippen molar-refractivity contribution in [2.75, 3.05) is 32.1 Å². The molecular weight excluding hydrogens is 146 g/mol. The van der Waals surface area contributed by atoms with Crippen LogP contribution in [0.5, 0.6) is 0 Å². The zero-order valence-electron chi connectivity index (χ0n) is 6.58. The number of aliphatic hydroxyl groups is 1. The third-order valence-electron chi connectivity index (χ3n) is 1.97. The molecular formula is C7H15NOS. The lowest BCUT2D eigenvalue weighted by atomic mass is 10.1. The Bertz CT molecular complexity index is 110. The highest BCUT2D eigenvalue weighted by Crippen LogP contribution is 2.18. The van der Waals surface area contributed by atoms with E-state index in [1.54, 1.807) is 0 Å². The van der Waals surface area contributed by atoms with Crippen molar-refractivity contribution in [1.82, 2.24) is 4.90 Å². The maximum atomic E-state index is 9.44. The van der Waals surface area contributed by atoms with Gasteiger partial charge in [0.1, 0.15) is 0 Å². The van der Waals surface area contributed by atoms with Crippen LogP contribution in [0.25, 0.3) is 0 Å². The summed E-state index contributed by atoms with van der Waals surface area (Å²) in [5.74, 6) is 1.59. The van der Waals surface area contributed by atoms with Gasteiger partial charge in [-0.05, 0) is 19.1 Å². The van der Waals surface area contributed by atoms with Gasteiger partial charge in [-0.1, -0.05) is 0 Å². The summed E-state index contributed by atoms with van der Waals surface area (Å²) in [6, 6.07) is 0. The largest absolute Gasteiger partial charge is 0.391 e. The minimum atomic E-state index is -0.0857. The Morgan fingerprint density at radius 1 is 1.60 bits per heavy atom. The van der Waals surface area contributed by atoms with Crippen molar-refractivity contribution in [1.29, 1.82) is 0 Å². The smallest absolute Gasteiger partial charge is 0.0715 e. The third-order valence-corrected chi connectivity index (χ3v) is 2.73. The van der Waals surface area contributed by atoms with E-state index in [1.807, 2.05) is 11.8 Å². The van der Waals surface area contributed by atoms with Gasteiger partial charge in [0.25, 0.3) is 0 Å². The summed E-state index contributed by atoms with van der Waals surface area (Å²) in [4.78, 5) is 2.19. The number of likely N-dealkylation sites (N-methyl/N-ethyl adjacent to an activating group) is 1. The number of likely N-dealkylation sites (tertiary alicyclic amines) is 1. The van der Waals surface area contributed by atoms with Crippen molar-refractivity contribution < 1.29 is 5.11 Å². The maximum Gasteiger partial charge on any atom is 0.0715 e. The predicted octanol–water partition coefficient (Wildman–Crippen LogP) is 0.272. The lowest BCUT2D eigenvalue weighted by Gasteiger charge is -2.10. The van der Waals surface area contributed by atoms with Gasteiger partial charge in [-0.3, -0.25) is 0 Å². The molecule has 1 rings (SSSR count). The Hall–Kier alpha value is 0.270. The first-order chi connectivity index (χ1) is 4.74. The molecule has 0 spiro atoms. The molecule has 60 valence electrons. The predicted molar refractivity (Wildman–Crippen MR) is 45.4 cm³/mol. The van der Waals surface area contributed by atoms with Crippen LogP contribution in [0.15, 0.2) is 0 Å². The lowest BCUT2D eigenvalue weighted by Crippen LogP contribution is -2.19. The second-order valence-electron chi connectivity index (χ2n) is 3.00. The fourth-order valence-corrected chi connectivity index (χ4v) is 2.20. The van der Waals surface area contributed by atoms with Crippen LogP contribution in [-0.2, 0) is 0 Å². The van der Waals surface area contributed by atoms with E-state index in [1.165, 1.54) is 0 Å². The van der Waals surface area contributed by atoms with E-state index in [0.29, 0.717) is 5.92 Å². The van der Waals surface area contributed by atoms with Gasteiger partial charge in [0.05, 0.1) is 6.10 Å². The molecule has 0 amide bonds. The molecule has 0 aromatic carbocycles.